The smallest absolute Gasteiger partial charge is 0.254 e. The molecule has 1 saturated carbocycles. The number of hydrogen-bond donors (Lipinski definition) is 1. The molecule has 1 amide bonds. The van der Waals surface area contributed by atoms with E-state index >= 15 is 0 Å². The summed E-state index contributed by atoms with van der Waals surface area (Å²) in [6.07, 6.45) is 1.76. The highest BCUT2D eigenvalue weighted by Crippen LogP contribution is 2.24. The summed E-state index contributed by atoms with van der Waals surface area (Å²) in [4.78, 5) is 17.3. The van der Waals surface area contributed by atoms with Crippen molar-refractivity contribution in [3.63, 3.8) is 0 Å². The molecule has 1 saturated heterocycles. The highest BCUT2D eigenvalue weighted by molar-refractivity contribution is 7.89. The van der Waals surface area contributed by atoms with Crippen LogP contribution in [0.5, 0.6) is 0 Å². The Kier molecular flexibility index (Phi) is 5.12. The number of sulfonamides is 1. The molecular weight excluding hydrogens is 374 g/mol. The lowest BCUT2D eigenvalue weighted by Crippen LogP contribution is -2.49. The summed E-state index contributed by atoms with van der Waals surface area (Å²) >= 11 is 0. The fraction of sp³-hybridized carbons (Fsp3) is 0.381. The topological polar surface area (TPSA) is 69.7 Å². The van der Waals surface area contributed by atoms with Crippen LogP contribution in [0.3, 0.4) is 0 Å². The Morgan fingerprint density at radius 3 is 2.32 bits per heavy atom. The molecule has 1 heterocycles. The first-order valence-electron chi connectivity index (χ1n) is 9.66. The average molecular weight is 400 g/mol. The summed E-state index contributed by atoms with van der Waals surface area (Å²) in [6, 6.07) is 15.0. The van der Waals surface area contributed by atoms with E-state index in [0.717, 1.165) is 37.2 Å². The Morgan fingerprint density at radius 2 is 1.68 bits per heavy atom. The first kappa shape index (κ1) is 19.0. The Bertz CT molecular complexity index is 964. The number of piperazine rings is 1. The second-order valence-corrected chi connectivity index (χ2v) is 9.20. The van der Waals surface area contributed by atoms with Crippen LogP contribution < -0.4 is 9.62 Å². The summed E-state index contributed by atoms with van der Waals surface area (Å²) in [5.41, 5.74) is 2.41. The number of hydrogen-bond acceptors (Lipinski definition) is 4. The van der Waals surface area contributed by atoms with Gasteiger partial charge in [0, 0.05) is 43.5 Å². The number of anilines is 1. The van der Waals surface area contributed by atoms with Crippen molar-refractivity contribution in [3.8, 4) is 0 Å². The summed E-state index contributed by atoms with van der Waals surface area (Å²) in [5, 5.41) is 0. The molecule has 7 heteroatoms. The number of nitrogens with zero attached hydrogens (tertiary/aromatic N) is 2. The minimum Gasteiger partial charge on any atom is -0.368 e. The lowest BCUT2D eigenvalue weighted by atomic mass is 10.1. The van der Waals surface area contributed by atoms with Gasteiger partial charge in [-0.05, 0) is 49.6 Å². The van der Waals surface area contributed by atoms with Crippen LogP contribution in [0.1, 0.15) is 28.8 Å². The number of rotatable bonds is 5. The molecule has 2 aromatic rings. The van der Waals surface area contributed by atoms with Gasteiger partial charge in [0.2, 0.25) is 10.0 Å². The van der Waals surface area contributed by atoms with Crippen LogP contribution >= 0.6 is 0 Å². The van der Waals surface area contributed by atoms with Crippen molar-refractivity contribution in [1.82, 2.24) is 9.62 Å². The van der Waals surface area contributed by atoms with Crippen LogP contribution in [-0.2, 0) is 10.0 Å². The Hall–Kier alpha value is -2.38. The number of carbonyl (C=O) groups excluding carboxylic acids is 1. The van der Waals surface area contributed by atoms with Gasteiger partial charge in [-0.15, -0.1) is 0 Å². The highest BCUT2D eigenvalue weighted by atomic mass is 32.2. The Morgan fingerprint density at radius 1 is 1.00 bits per heavy atom. The molecular formula is C21H25N3O3S. The predicted molar refractivity (Wildman–Crippen MR) is 109 cm³/mol. The largest absolute Gasteiger partial charge is 0.368 e. The molecule has 6 nitrogen and oxygen atoms in total. The summed E-state index contributed by atoms with van der Waals surface area (Å²) in [6.45, 7) is 4.60. The van der Waals surface area contributed by atoms with Gasteiger partial charge in [0.25, 0.3) is 5.91 Å². The van der Waals surface area contributed by atoms with E-state index in [0.29, 0.717) is 18.7 Å². The van der Waals surface area contributed by atoms with Crippen molar-refractivity contribution in [2.45, 2.75) is 30.7 Å². The first-order valence-corrected chi connectivity index (χ1v) is 11.1. The maximum absolute atomic E-state index is 13.1. The van der Waals surface area contributed by atoms with Crippen LogP contribution in [0.25, 0.3) is 0 Å². The predicted octanol–water partition coefficient (Wildman–Crippen LogP) is 2.40. The molecule has 0 radical (unpaired) electrons. The van der Waals surface area contributed by atoms with Crippen molar-refractivity contribution in [1.29, 1.82) is 0 Å². The highest BCUT2D eigenvalue weighted by Gasteiger charge is 2.29. The first-order chi connectivity index (χ1) is 13.4. The fourth-order valence-electron chi connectivity index (χ4n) is 3.46. The van der Waals surface area contributed by atoms with Crippen molar-refractivity contribution >= 4 is 21.6 Å². The van der Waals surface area contributed by atoms with Gasteiger partial charge < -0.3 is 9.80 Å². The van der Waals surface area contributed by atoms with E-state index in [4.69, 9.17) is 0 Å². The van der Waals surface area contributed by atoms with Crippen LogP contribution in [-0.4, -0.2) is 51.4 Å². The molecule has 0 bridgehead atoms. The lowest BCUT2D eigenvalue weighted by molar-refractivity contribution is 0.0746. The maximum Gasteiger partial charge on any atom is 0.254 e. The van der Waals surface area contributed by atoms with E-state index in [-0.39, 0.29) is 16.8 Å². The Balaban J connectivity index is 1.48. The zero-order valence-corrected chi connectivity index (χ0v) is 16.8. The van der Waals surface area contributed by atoms with Gasteiger partial charge in [0.15, 0.2) is 0 Å². The monoisotopic (exact) mass is 399 g/mol. The minimum atomic E-state index is -3.57. The molecule has 2 aromatic carbocycles. The molecule has 148 valence electrons. The number of amides is 1. The zero-order valence-electron chi connectivity index (χ0n) is 16.0. The van der Waals surface area contributed by atoms with Gasteiger partial charge in [-0.25, -0.2) is 13.1 Å². The van der Waals surface area contributed by atoms with E-state index < -0.39 is 10.0 Å². The van der Waals surface area contributed by atoms with E-state index in [1.807, 2.05) is 30.0 Å². The second-order valence-electron chi connectivity index (χ2n) is 7.49. The molecule has 0 atom stereocenters. The van der Waals surface area contributed by atoms with Gasteiger partial charge >= 0.3 is 0 Å². The quantitative estimate of drug-likeness (QED) is 0.838. The van der Waals surface area contributed by atoms with Crippen LogP contribution in [0, 0.1) is 6.92 Å². The Labute approximate surface area is 166 Å². The van der Waals surface area contributed by atoms with E-state index in [1.165, 1.54) is 6.07 Å². The summed E-state index contributed by atoms with van der Waals surface area (Å²) in [7, 11) is -3.57. The number of para-hydroxylation sites is 1. The molecule has 1 aliphatic carbocycles. The standard InChI is InChI=1S/C21H25N3O3S/c1-16-7-10-19(28(26,27)22-17-8-9-17)15-20(16)21(25)24-13-11-23(12-14-24)18-5-3-2-4-6-18/h2-7,10,15,17,22H,8-9,11-14H2,1H3. The molecule has 4 rings (SSSR count). The van der Waals surface area contributed by atoms with Gasteiger partial charge in [0.05, 0.1) is 4.90 Å². The van der Waals surface area contributed by atoms with Crippen LogP contribution in [0.2, 0.25) is 0 Å². The normalized spacial score (nSPS) is 17.6. The van der Waals surface area contributed by atoms with Gasteiger partial charge in [-0.1, -0.05) is 24.3 Å². The third kappa shape index (κ3) is 4.05. The maximum atomic E-state index is 13.1. The van der Waals surface area contributed by atoms with E-state index in [2.05, 4.69) is 21.8 Å². The number of carbonyl (C=O) groups is 1. The number of nitrogens with one attached hydrogen (secondary N) is 1. The summed E-state index contributed by atoms with van der Waals surface area (Å²) in [5.74, 6) is -0.103. The van der Waals surface area contributed by atoms with Gasteiger partial charge in [0.1, 0.15) is 0 Å². The van der Waals surface area contributed by atoms with Crippen molar-refractivity contribution in [2.75, 3.05) is 31.1 Å². The van der Waals surface area contributed by atoms with Gasteiger partial charge in [-0.2, -0.15) is 0 Å². The fourth-order valence-corrected chi connectivity index (χ4v) is 4.80. The molecule has 2 fully saturated rings. The third-order valence-corrected chi connectivity index (χ3v) is 6.86. The van der Waals surface area contributed by atoms with E-state index in [1.54, 1.807) is 12.1 Å². The molecule has 0 unspecified atom stereocenters. The van der Waals surface area contributed by atoms with Crippen LogP contribution in [0.4, 0.5) is 5.69 Å². The van der Waals surface area contributed by atoms with Crippen molar-refractivity contribution in [3.05, 3.63) is 59.7 Å². The second kappa shape index (κ2) is 7.56. The molecule has 28 heavy (non-hydrogen) atoms. The number of benzene rings is 2. The SMILES string of the molecule is Cc1ccc(S(=O)(=O)NC2CC2)cc1C(=O)N1CCN(c2ccccc2)CC1. The molecule has 1 aliphatic heterocycles. The van der Waals surface area contributed by atoms with Crippen LogP contribution in [0.15, 0.2) is 53.4 Å². The third-order valence-electron chi connectivity index (χ3n) is 5.34. The van der Waals surface area contributed by atoms with Gasteiger partial charge in [-0.3, -0.25) is 4.79 Å². The summed E-state index contributed by atoms with van der Waals surface area (Å²) < 4.78 is 27.7. The zero-order chi connectivity index (χ0) is 19.7. The molecule has 2 aliphatic rings. The average Bonchev–Trinajstić information content (AvgIpc) is 3.52. The minimum absolute atomic E-state index is 0.0384. The molecule has 0 aromatic heterocycles. The molecule has 1 N–H and O–H groups in total. The van der Waals surface area contributed by atoms with E-state index in [9.17, 15) is 13.2 Å². The number of aryl methyl sites for hydroxylation is 1. The molecule has 0 spiro atoms. The lowest BCUT2D eigenvalue weighted by Gasteiger charge is -2.36. The van der Waals surface area contributed by atoms with Crippen molar-refractivity contribution < 1.29 is 13.2 Å². The van der Waals surface area contributed by atoms with Crippen molar-refractivity contribution in [2.24, 2.45) is 0 Å².